The predicted molar refractivity (Wildman–Crippen MR) is 57.8 cm³/mol. The average Bonchev–Trinajstić information content (AvgIpc) is 2.90. The Balaban J connectivity index is 1.86. The number of rotatable bonds is 3. The van der Waals surface area contributed by atoms with Crippen LogP contribution in [-0.2, 0) is 0 Å². The van der Waals surface area contributed by atoms with E-state index in [1.165, 1.54) is 12.8 Å². The summed E-state index contributed by atoms with van der Waals surface area (Å²) in [5, 5.41) is 3.18. The fourth-order valence-electron chi connectivity index (χ4n) is 1.23. The van der Waals surface area contributed by atoms with Crippen molar-refractivity contribution >= 4 is 22.9 Å². The lowest BCUT2D eigenvalue weighted by molar-refractivity contribution is 0.902. The average molecular weight is 192 g/mol. The van der Waals surface area contributed by atoms with Crippen molar-refractivity contribution in [2.75, 3.05) is 5.32 Å². The first-order chi connectivity index (χ1) is 6.34. The molecule has 13 heavy (non-hydrogen) atoms. The SMILES string of the molecule is S=C(CC1CC1)Nc1cccnc1. The van der Waals surface area contributed by atoms with E-state index >= 15 is 0 Å². The zero-order valence-corrected chi connectivity index (χ0v) is 8.18. The zero-order chi connectivity index (χ0) is 9.10. The molecule has 0 bridgehead atoms. The molecule has 0 aliphatic heterocycles. The second-order valence-corrected chi connectivity index (χ2v) is 3.93. The predicted octanol–water partition coefficient (Wildman–Crippen LogP) is 2.62. The summed E-state index contributed by atoms with van der Waals surface area (Å²) in [5.74, 6) is 0.844. The molecule has 0 amide bonds. The molecule has 1 saturated carbocycles. The normalized spacial score (nSPS) is 15.4. The first-order valence-electron chi connectivity index (χ1n) is 4.54. The number of nitrogens with one attached hydrogen (secondary N) is 1. The largest absolute Gasteiger partial charge is 0.349 e. The molecule has 1 fully saturated rings. The van der Waals surface area contributed by atoms with E-state index in [1.807, 2.05) is 12.1 Å². The molecule has 3 heteroatoms. The quantitative estimate of drug-likeness (QED) is 0.745. The maximum Gasteiger partial charge on any atom is 0.0800 e. The first-order valence-corrected chi connectivity index (χ1v) is 4.95. The van der Waals surface area contributed by atoms with Crippen LogP contribution in [-0.4, -0.2) is 9.97 Å². The van der Waals surface area contributed by atoms with E-state index < -0.39 is 0 Å². The van der Waals surface area contributed by atoms with Gasteiger partial charge in [0.15, 0.2) is 0 Å². The number of hydrogen-bond donors (Lipinski definition) is 1. The highest BCUT2D eigenvalue weighted by Crippen LogP contribution is 2.32. The van der Waals surface area contributed by atoms with Gasteiger partial charge in [-0.3, -0.25) is 4.98 Å². The molecule has 0 unspecified atom stereocenters. The van der Waals surface area contributed by atoms with Crippen molar-refractivity contribution in [3.05, 3.63) is 24.5 Å². The Morgan fingerprint density at radius 3 is 3.08 bits per heavy atom. The van der Waals surface area contributed by atoms with Crippen LogP contribution in [0.15, 0.2) is 24.5 Å². The van der Waals surface area contributed by atoms with Crippen LogP contribution in [0.4, 0.5) is 5.69 Å². The summed E-state index contributed by atoms with van der Waals surface area (Å²) in [7, 11) is 0. The van der Waals surface area contributed by atoms with Crippen LogP contribution >= 0.6 is 12.2 Å². The fourth-order valence-corrected chi connectivity index (χ4v) is 1.59. The molecule has 1 aromatic heterocycles. The highest BCUT2D eigenvalue weighted by Gasteiger charge is 2.22. The first kappa shape index (κ1) is 8.63. The number of anilines is 1. The molecule has 1 aliphatic carbocycles. The van der Waals surface area contributed by atoms with Crippen LogP contribution in [0, 0.1) is 5.92 Å². The number of hydrogen-bond acceptors (Lipinski definition) is 2. The van der Waals surface area contributed by atoms with Gasteiger partial charge in [-0.25, -0.2) is 0 Å². The van der Waals surface area contributed by atoms with Gasteiger partial charge < -0.3 is 5.32 Å². The van der Waals surface area contributed by atoms with Crippen LogP contribution in [0.25, 0.3) is 0 Å². The number of thiocarbonyl (C=S) groups is 1. The Morgan fingerprint density at radius 2 is 2.46 bits per heavy atom. The third-order valence-electron chi connectivity index (χ3n) is 2.12. The third-order valence-corrected chi connectivity index (χ3v) is 2.39. The lowest BCUT2D eigenvalue weighted by Gasteiger charge is -2.05. The lowest BCUT2D eigenvalue weighted by Crippen LogP contribution is -2.09. The minimum Gasteiger partial charge on any atom is -0.349 e. The van der Waals surface area contributed by atoms with Crippen LogP contribution in [0.3, 0.4) is 0 Å². The number of aromatic nitrogens is 1. The highest BCUT2D eigenvalue weighted by atomic mass is 32.1. The molecule has 68 valence electrons. The standard InChI is InChI=1S/C10H12N2S/c13-10(6-8-3-4-8)12-9-2-1-5-11-7-9/h1-2,5,7-8H,3-4,6H2,(H,12,13). The Kier molecular flexibility index (Phi) is 2.54. The van der Waals surface area contributed by atoms with Gasteiger partial charge in [0.25, 0.3) is 0 Å². The molecule has 0 radical (unpaired) electrons. The molecule has 0 aromatic carbocycles. The molecule has 2 nitrogen and oxygen atoms in total. The van der Waals surface area contributed by atoms with Crippen LogP contribution in [0.5, 0.6) is 0 Å². The van der Waals surface area contributed by atoms with Gasteiger partial charge in [-0.2, -0.15) is 0 Å². The van der Waals surface area contributed by atoms with Crippen molar-refractivity contribution in [1.82, 2.24) is 4.98 Å². The maximum absolute atomic E-state index is 5.21. The Labute approximate surface area is 83.4 Å². The molecule has 0 spiro atoms. The van der Waals surface area contributed by atoms with Gasteiger partial charge in [-0.1, -0.05) is 12.2 Å². The van der Waals surface area contributed by atoms with E-state index in [9.17, 15) is 0 Å². The van der Waals surface area contributed by atoms with Crippen LogP contribution in [0.1, 0.15) is 19.3 Å². The Morgan fingerprint density at radius 1 is 1.62 bits per heavy atom. The van der Waals surface area contributed by atoms with Gasteiger partial charge in [-0.15, -0.1) is 0 Å². The van der Waals surface area contributed by atoms with Gasteiger partial charge in [0.1, 0.15) is 0 Å². The van der Waals surface area contributed by atoms with Gasteiger partial charge >= 0.3 is 0 Å². The zero-order valence-electron chi connectivity index (χ0n) is 7.36. The summed E-state index contributed by atoms with van der Waals surface area (Å²) in [6.07, 6.45) is 7.27. The molecule has 0 atom stereocenters. The Bertz CT molecular complexity index is 293. The molecule has 1 aliphatic rings. The molecule has 1 aromatic rings. The molecule has 1 N–H and O–H groups in total. The summed E-state index contributed by atoms with van der Waals surface area (Å²) in [4.78, 5) is 4.95. The topological polar surface area (TPSA) is 24.9 Å². The maximum atomic E-state index is 5.21. The lowest BCUT2D eigenvalue weighted by atomic mass is 10.3. The monoisotopic (exact) mass is 192 g/mol. The minimum absolute atomic E-state index is 0.844. The number of nitrogens with zero attached hydrogens (tertiary/aromatic N) is 1. The van der Waals surface area contributed by atoms with E-state index in [0.717, 1.165) is 23.0 Å². The molecular weight excluding hydrogens is 180 g/mol. The molecule has 2 rings (SSSR count). The summed E-state index contributed by atoms with van der Waals surface area (Å²) in [6.45, 7) is 0. The summed E-state index contributed by atoms with van der Waals surface area (Å²) >= 11 is 5.21. The van der Waals surface area contributed by atoms with E-state index in [1.54, 1.807) is 12.4 Å². The second-order valence-electron chi connectivity index (χ2n) is 3.44. The van der Waals surface area contributed by atoms with Crippen molar-refractivity contribution < 1.29 is 0 Å². The van der Waals surface area contributed by atoms with E-state index in [4.69, 9.17) is 12.2 Å². The molecule has 0 saturated heterocycles. The number of pyridine rings is 1. The van der Waals surface area contributed by atoms with Crippen molar-refractivity contribution in [3.8, 4) is 0 Å². The van der Waals surface area contributed by atoms with Crippen molar-refractivity contribution in [3.63, 3.8) is 0 Å². The van der Waals surface area contributed by atoms with E-state index in [0.29, 0.717) is 0 Å². The third kappa shape index (κ3) is 2.77. The minimum atomic E-state index is 0.844. The molecular formula is C10H12N2S. The van der Waals surface area contributed by atoms with Gasteiger partial charge in [0.2, 0.25) is 0 Å². The van der Waals surface area contributed by atoms with Crippen molar-refractivity contribution in [2.45, 2.75) is 19.3 Å². The van der Waals surface area contributed by atoms with Gasteiger partial charge in [0, 0.05) is 12.6 Å². The smallest absolute Gasteiger partial charge is 0.0800 e. The van der Waals surface area contributed by atoms with E-state index in [2.05, 4.69) is 10.3 Å². The van der Waals surface area contributed by atoms with Gasteiger partial charge in [0.05, 0.1) is 16.9 Å². The highest BCUT2D eigenvalue weighted by molar-refractivity contribution is 7.80. The van der Waals surface area contributed by atoms with Crippen LogP contribution < -0.4 is 5.32 Å². The van der Waals surface area contributed by atoms with Crippen LogP contribution in [0.2, 0.25) is 0 Å². The summed E-state index contributed by atoms with van der Waals surface area (Å²) in [6, 6.07) is 3.88. The van der Waals surface area contributed by atoms with E-state index in [-0.39, 0.29) is 0 Å². The summed E-state index contributed by atoms with van der Waals surface area (Å²) in [5.41, 5.74) is 0.994. The Hall–Kier alpha value is -0.960. The van der Waals surface area contributed by atoms with Gasteiger partial charge in [-0.05, 0) is 30.9 Å². The second kappa shape index (κ2) is 3.83. The summed E-state index contributed by atoms with van der Waals surface area (Å²) < 4.78 is 0. The van der Waals surface area contributed by atoms with Crippen molar-refractivity contribution in [2.24, 2.45) is 5.92 Å². The fraction of sp³-hybridized carbons (Fsp3) is 0.400. The molecule has 1 heterocycles. The van der Waals surface area contributed by atoms with Crippen molar-refractivity contribution in [1.29, 1.82) is 0 Å².